The molecule has 0 aliphatic carbocycles. The fourth-order valence-corrected chi connectivity index (χ4v) is 5.04. The zero-order valence-electron chi connectivity index (χ0n) is 20.3. The van der Waals surface area contributed by atoms with Crippen molar-refractivity contribution in [1.29, 1.82) is 0 Å². The summed E-state index contributed by atoms with van der Waals surface area (Å²) >= 11 is 0. The molecule has 0 fully saturated rings. The van der Waals surface area contributed by atoms with Gasteiger partial charge in [0.2, 0.25) is 0 Å². The zero-order valence-corrected chi connectivity index (χ0v) is 21.1. The van der Waals surface area contributed by atoms with E-state index in [-0.39, 0.29) is 36.1 Å². The van der Waals surface area contributed by atoms with Gasteiger partial charge in [0.15, 0.2) is 0 Å². The van der Waals surface area contributed by atoms with Crippen LogP contribution in [0.4, 0.5) is 36.4 Å². The number of fused-ring (bicyclic) bond motifs is 1. The maximum Gasteiger partial charge on any atom is 0.430 e. The van der Waals surface area contributed by atoms with Gasteiger partial charge in [-0.25, -0.2) is 17.6 Å². The lowest BCUT2D eigenvalue weighted by molar-refractivity contribution is -0.376. The number of nitrogens with zero attached hydrogens (tertiary/aromatic N) is 2. The van der Waals surface area contributed by atoms with E-state index in [4.69, 9.17) is 0 Å². The molecule has 0 atom stereocenters. The van der Waals surface area contributed by atoms with Crippen LogP contribution in [0.15, 0.2) is 50.9 Å². The summed E-state index contributed by atoms with van der Waals surface area (Å²) in [5, 5.41) is 9.28. The van der Waals surface area contributed by atoms with E-state index in [1.54, 1.807) is 18.6 Å². The highest BCUT2D eigenvalue weighted by Gasteiger charge is 2.71. The van der Waals surface area contributed by atoms with E-state index in [0.717, 1.165) is 16.7 Å². The van der Waals surface area contributed by atoms with Crippen molar-refractivity contribution in [2.75, 3.05) is 4.72 Å². The van der Waals surface area contributed by atoms with Crippen LogP contribution in [-0.4, -0.2) is 35.0 Å². The molecule has 214 valence electrons. The highest BCUT2D eigenvalue weighted by atomic mass is 32.2. The van der Waals surface area contributed by atoms with E-state index >= 15 is 0 Å². The van der Waals surface area contributed by atoms with Gasteiger partial charge < -0.3 is 5.11 Å². The smallest absolute Gasteiger partial charge is 0.369 e. The van der Waals surface area contributed by atoms with Crippen LogP contribution >= 0.6 is 0 Å². The SMILES string of the molecule is CCCn1c(=O)c2cc(S(=O)(=O)Nc3ccc(C(O)(C(F)(F)F)C(F)(F)F)cc3F)ccc2n(CCC)c1=O. The quantitative estimate of drug-likeness (QED) is 0.385. The molecule has 0 spiro atoms. The number of anilines is 1. The van der Waals surface area contributed by atoms with Crippen molar-refractivity contribution in [1.82, 2.24) is 9.13 Å². The summed E-state index contributed by atoms with van der Waals surface area (Å²) in [7, 11) is -4.74. The first-order valence-electron chi connectivity index (χ1n) is 11.4. The second kappa shape index (κ2) is 10.3. The van der Waals surface area contributed by atoms with Crippen LogP contribution in [0.5, 0.6) is 0 Å². The number of alkyl halides is 6. The molecule has 0 unspecified atom stereocenters. The maximum absolute atomic E-state index is 14.6. The molecule has 0 radical (unpaired) electrons. The van der Waals surface area contributed by atoms with Crippen LogP contribution in [0.2, 0.25) is 0 Å². The molecular formula is C23H22F7N3O5S. The first-order valence-corrected chi connectivity index (χ1v) is 12.8. The molecule has 0 aliphatic rings. The van der Waals surface area contributed by atoms with Gasteiger partial charge >= 0.3 is 18.0 Å². The molecule has 39 heavy (non-hydrogen) atoms. The minimum Gasteiger partial charge on any atom is -0.369 e. The van der Waals surface area contributed by atoms with Crippen molar-refractivity contribution in [3.63, 3.8) is 0 Å². The van der Waals surface area contributed by atoms with Gasteiger partial charge in [0.25, 0.3) is 21.2 Å². The monoisotopic (exact) mass is 585 g/mol. The Morgan fingerprint density at radius 2 is 1.44 bits per heavy atom. The van der Waals surface area contributed by atoms with Gasteiger partial charge in [0.05, 0.1) is 21.5 Å². The van der Waals surface area contributed by atoms with Gasteiger partial charge in [0, 0.05) is 18.7 Å². The number of nitrogens with one attached hydrogen (secondary N) is 1. The molecule has 3 rings (SSSR count). The lowest BCUT2D eigenvalue weighted by Crippen LogP contribution is -2.54. The van der Waals surface area contributed by atoms with Crippen molar-refractivity contribution < 1.29 is 44.3 Å². The van der Waals surface area contributed by atoms with E-state index in [1.165, 1.54) is 10.6 Å². The molecule has 2 N–H and O–H groups in total. The molecule has 3 aromatic rings. The standard InChI is InChI=1S/C23H22F7N3O5S/c1-3-9-32-18-8-6-14(12-15(18)19(34)33(10-4-2)20(32)35)39(37,38)31-17-7-5-13(11-16(17)24)21(36,22(25,26)27)23(28,29)30/h5-8,11-12,31,36H,3-4,9-10H2,1-2H3. The predicted octanol–water partition coefficient (Wildman–Crippen LogP) is 4.24. The van der Waals surface area contributed by atoms with Gasteiger partial charge in [-0.1, -0.05) is 19.9 Å². The normalized spacial score (nSPS) is 13.2. The van der Waals surface area contributed by atoms with Crippen molar-refractivity contribution in [3.8, 4) is 0 Å². The van der Waals surface area contributed by atoms with Crippen LogP contribution in [0, 0.1) is 5.82 Å². The highest BCUT2D eigenvalue weighted by Crippen LogP contribution is 2.50. The average molecular weight is 585 g/mol. The second-order valence-electron chi connectivity index (χ2n) is 8.58. The van der Waals surface area contributed by atoms with Gasteiger partial charge in [0.1, 0.15) is 5.82 Å². The highest BCUT2D eigenvalue weighted by molar-refractivity contribution is 7.92. The Labute approximate surface area is 216 Å². The maximum atomic E-state index is 14.6. The third-order valence-corrected chi connectivity index (χ3v) is 7.22. The van der Waals surface area contributed by atoms with Gasteiger partial charge in [-0.2, -0.15) is 26.3 Å². The van der Waals surface area contributed by atoms with Crippen LogP contribution in [-0.2, 0) is 28.7 Å². The Morgan fingerprint density at radius 1 is 0.872 bits per heavy atom. The Morgan fingerprint density at radius 3 is 1.95 bits per heavy atom. The Kier molecular flexibility index (Phi) is 7.96. The summed E-state index contributed by atoms with van der Waals surface area (Å²) in [6.07, 6.45) is -11.6. The fraction of sp³-hybridized carbons (Fsp3) is 0.391. The Balaban J connectivity index is 2.10. The topological polar surface area (TPSA) is 110 Å². The van der Waals surface area contributed by atoms with E-state index in [2.05, 4.69) is 0 Å². The summed E-state index contributed by atoms with van der Waals surface area (Å²) in [6.45, 7) is 3.76. The minimum atomic E-state index is -6.27. The average Bonchev–Trinajstić information content (AvgIpc) is 2.83. The lowest BCUT2D eigenvalue weighted by atomic mass is 9.92. The lowest BCUT2D eigenvalue weighted by Gasteiger charge is -2.32. The molecule has 0 bridgehead atoms. The summed E-state index contributed by atoms with van der Waals surface area (Å²) < 4.78 is 123. The van der Waals surface area contributed by atoms with E-state index in [0.29, 0.717) is 18.9 Å². The third kappa shape index (κ3) is 5.26. The number of aromatic nitrogens is 2. The number of benzene rings is 2. The molecule has 0 saturated heterocycles. The van der Waals surface area contributed by atoms with Crippen molar-refractivity contribution in [2.24, 2.45) is 0 Å². The molecule has 1 aromatic heterocycles. The summed E-state index contributed by atoms with van der Waals surface area (Å²) in [5.41, 5.74) is -9.60. The predicted molar refractivity (Wildman–Crippen MR) is 126 cm³/mol. The number of sulfonamides is 1. The zero-order chi connectivity index (χ0) is 29.6. The summed E-state index contributed by atoms with van der Waals surface area (Å²) in [6, 6.07) is 3.19. The second-order valence-corrected chi connectivity index (χ2v) is 10.3. The molecule has 2 aromatic carbocycles. The number of halogens is 7. The van der Waals surface area contributed by atoms with Crippen molar-refractivity contribution in [2.45, 2.75) is 62.6 Å². The molecule has 16 heteroatoms. The Bertz CT molecular complexity index is 1610. The van der Waals surface area contributed by atoms with Crippen molar-refractivity contribution in [3.05, 3.63) is 68.6 Å². The fourth-order valence-electron chi connectivity index (χ4n) is 3.95. The first kappa shape index (κ1) is 30.1. The minimum absolute atomic E-state index is 0.0479. The molecule has 0 amide bonds. The van der Waals surface area contributed by atoms with Gasteiger partial charge in [-0.05, 0) is 43.2 Å². The van der Waals surface area contributed by atoms with E-state index in [9.17, 15) is 53.8 Å². The van der Waals surface area contributed by atoms with Crippen LogP contribution in [0.3, 0.4) is 0 Å². The number of aryl methyl sites for hydroxylation is 1. The van der Waals surface area contributed by atoms with Crippen LogP contribution in [0.25, 0.3) is 10.9 Å². The van der Waals surface area contributed by atoms with Crippen LogP contribution in [0.1, 0.15) is 32.3 Å². The van der Waals surface area contributed by atoms with Gasteiger partial charge in [-0.15, -0.1) is 0 Å². The molecular weight excluding hydrogens is 563 g/mol. The molecule has 0 aliphatic heterocycles. The number of aliphatic hydroxyl groups is 1. The van der Waals surface area contributed by atoms with E-state index < -0.39 is 61.2 Å². The van der Waals surface area contributed by atoms with E-state index in [1.807, 2.05) is 0 Å². The molecule has 1 heterocycles. The number of hydrogen-bond donors (Lipinski definition) is 2. The van der Waals surface area contributed by atoms with Crippen LogP contribution < -0.4 is 16.0 Å². The largest absolute Gasteiger partial charge is 0.430 e. The van der Waals surface area contributed by atoms with Gasteiger partial charge in [-0.3, -0.25) is 18.7 Å². The number of rotatable bonds is 8. The Hall–Kier alpha value is -3.40. The summed E-state index contributed by atoms with van der Waals surface area (Å²) in [5.74, 6) is -1.84. The third-order valence-electron chi connectivity index (χ3n) is 5.85. The van der Waals surface area contributed by atoms with Crippen molar-refractivity contribution >= 4 is 26.6 Å². The molecule has 8 nitrogen and oxygen atoms in total. The first-order chi connectivity index (χ1) is 17.9. The summed E-state index contributed by atoms with van der Waals surface area (Å²) in [4.78, 5) is 25.1. The molecule has 0 saturated carbocycles. The number of hydrogen-bond acceptors (Lipinski definition) is 5.